The number of carbonyl (C=O) groups excluding carboxylic acids is 1. The number of hydrogen-bond donors (Lipinski definition) is 0. The molecule has 0 saturated carbocycles. The third-order valence-corrected chi connectivity index (χ3v) is 2.28. The summed E-state index contributed by atoms with van der Waals surface area (Å²) in [5.74, 6) is -0.624. The second kappa shape index (κ2) is 3.28. The lowest BCUT2D eigenvalue weighted by Gasteiger charge is -2.19. The molecule has 0 N–H and O–H groups in total. The SMILES string of the molecule is C[N+]1(C)N=C([O-])N(c2ccccc2F)C1=O. The Morgan fingerprint density at radius 2 is 2.00 bits per heavy atom. The van der Waals surface area contributed by atoms with Crippen LogP contribution in [0.3, 0.4) is 0 Å². The van der Waals surface area contributed by atoms with Crippen LogP contribution in [0.4, 0.5) is 14.9 Å². The summed E-state index contributed by atoms with van der Waals surface area (Å²) in [5.41, 5.74) is -0.0649. The van der Waals surface area contributed by atoms with Gasteiger partial charge in [0.05, 0.1) is 5.69 Å². The van der Waals surface area contributed by atoms with Crippen LogP contribution >= 0.6 is 0 Å². The number of rotatable bonds is 1. The predicted octanol–water partition coefficient (Wildman–Crippen LogP) is 0.473. The third-order valence-electron chi connectivity index (χ3n) is 2.28. The number of quaternary nitrogens is 1. The molecule has 1 aliphatic heterocycles. The van der Waals surface area contributed by atoms with Crippen molar-refractivity contribution in [1.82, 2.24) is 0 Å². The van der Waals surface area contributed by atoms with E-state index in [2.05, 4.69) is 5.10 Å². The maximum atomic E-state index is 13.4. The third kappa shape index (κ3) is 1.43. The van der Waals surface area contributed by atoms with Crippen molar-refractivity contribution in [2.24, 2.45) is 5.10 Å². The summed E-state index contributed by atoms with van der Waals surface area (Å²) in [7, 11) is 2.92. The topological polar surface area (TPSA) is 55.7 Å². The van der Waals surface area contributed by atoms with E-state index in [1.54, 1.807) is 6.07 Å². The molecule has 2 amide bonds. The number of urea groups is 1. The zero-order chi connectivity index (χ0) is 11.9. The Hall–Kier alpha value is -1.95. The van der Waals surface area contributed by atoms with Gasteiger partial charge in [0.1, 0.15) is 25.9 Å². The van der Waals surface area contributed by atoms with E-state index >= 15 is 0 Å². The van der Waals surface area contributed by atoms with Crippen LogP contribution in [0.5, 0.6) is 0 Å². The lowest BCUT2D eigenvalue weighted by atomic mass is 10.3. The minimum atomic E-state index is -0.750. The number of hydrogen-bond acceptors (Lipinski definition) is 3. The average Bonchev–Trinajstić information content (AvgIpc) is 2.39. The van der Waals surface area contributed by atoms with Crippen molar-refractivity contribution in [3.63, 3.8) is 0 Å². The van der Waals surface area contributed by atoms with Crippen molar-refractivity contribution < 1.29 is 18.9 Å². The van der Waals surface area contributed by atoms with E-state index in [9.17, 15) is 14.3 Å². The molecule has 6 heteroatoms. The predicted molar refractivity (Wildman–Crippen MR) is 53.8 cm³/mol. The maximum absolute atomic E-state index is 13.4. The number of carbonyl (C=O) groups is 1. The Morgan fingerprint density at radius 1 is 1.38 bits per heavy atom. The molecule has 0 radical (unpaired) electrons. The highest BCUT2D eigenvalue weighted by Gasteiger charge is 2.41. The van der Waals surface area contributed by atoms with E-state index in [4.69, 9.17) is 0 Å². The summed E-state index contributed by atoms with van der Waals surface area (Å²) in [6, 6.07) is 4.27. The molecule has 0 unspecified atom stereocenters. The molecule has 84 valence electrons. The van der Waals surface area contributed by atoms with Crippen LogP contribution in [0.2, 0.25) is 0 Å². The van der Waals surface area contributed by atoms with Gasteiger partial charge in [0.15, 0.2) is 0 Å². The number of anilines is 1. The smallest absolute Gasteiger partial charge is 0.454 e. The highest BCUT2D eigenvalue weighted by molar-refractivity contribution is 6.11. The first-order valence-corrected chi connectivity index (χ1v) is 4.64. The molecule has 1 aromatic carbocycles. The number of para-hydroxylation sites is 1. The molecule has 0 bridgehead atoms. The molecule has 1 aliphatic rings. The van der Waals surface area contributed by atoms with Gasteiger partial charge in [-0.1, -0.05) is 17.2 Å². The van der Waals surface area contributed by atoms with Crippen LogP contribution in [0, 0.1) is 5.82 Å². The summed E-state index contributed by atoms with van der Waals surface area (Å²) < 4.78 is 13.0. The van der Waals surface area contributed by atoms with Crippen molar-refractivity contribution in [2.75, 3.05) is 19.0 Å². The largest absolute Gasteiger partial charge is 0.842 e. The molecule has 0 aliphatic carbocycles. The molecule has 1 aromatic rings. The van der Waals surface area contributed by atoms with E-state index in [1.165, 1.54) is 32.3 Å². The molecule has 0 spiro atoms. The van der Waals surface area contributed by atoms with Gasteiger partial charge in [0, 0.05) is 0 Å². The fourth-order valence-electron chi connectivity index (χ4n) is 1.47. The first-order chi connectivity index (χ1) is 7.43. The van der Waals surface area contributed by atoms with Crippen molar-refractivity contribution in [3.8, 4) is 0 Å². The highest BCUT2D eigenvalue weighted by Crippen LogP contribution is 2.25. The standard InChI is InChI=1S/C10H10FN3O2/c1-14(2)10(16)13(9(15)12-14)8-6-4-3-5-7(8)11/h3-6H,1-2H3. The fraction of sp³-hybridized carbons (Fsp3) is 0.200. The Labute approximate surface area is 91.6 Å². The van der Waals surface area contributed by atoms with Crippen molar-refractivity contribution in [3.05, 3.63) is 30.1 Å². The molecular weight excluding hydrogens is 213 g/mol. The quantitative estimate of drug-likeness (QED) is 0.650. The van der Waals surface area contributed by atoms with Crippen LogP contribution in [0.1, 0.15) is 0 Å². The van der Waals surface area contributed by atoms with Gasteiger partial charge in [-0.2, -0.15) is 0 Å². The molecule has 1 heterocycles. The van der Waals surface area contributed by atoms with Gasteiger partial charge in [0.2, 0.25) is 0 Å². The zero-order valence-corrected chi connectivity index (χ0v) is 8.85. The van der Waals surface area contributed by atoms with Gasteiger partial charge in [-0.15, -0.1) is 4.59 Å². The van der Waals surface area contributed by atoms with Crippen LogP contribution in [0.25, 0.3) is 0 Å². The molecule has 0 atom stereocenters. The Kier molecular flexibility index (Phi) is 2.16. The Bertz CT molecular complexity index is 485. The molecule has 0 fully saturated rings. The van der Waals surface area contributed by atoms with Crippen LogP contribution in [-0.4, -0.2) is 30.7 Å². The van der Waals surface area contributed by atoms with E-state index in [-0.39, 0.29) is 5.69 Å². The number of benzene rings is 1. The highest BCUT2D eigenvalue weighted by atomic mass is 19.1. The molecule has 2 rings (SSSR count). The molecule has 0 saturated heterocycles. The second-order valence-electron chi connectivity index (χ2n) is 3.85. The van der Waals surface area contributed by atoms with Crippen molar-refractivity contribution in [1.29, 1.82) is 0 Å². The summed E-state index contributed by atoms with van der Waals surface area (Å²) in [6.45, 7) is 0. The van der Waals surface area contributed by atoms with Gasteiger partial charge < -0.3 is 5.11 Å². The van der Waals surface area contributed by atoms with E-state index in [0.29, 0.717) is 0 Å². The summed E-state index contributed by atoms with van der Waals surface area (Å²) >= 11 is 0. The van der Waals surface area contributed by atoms with Crippen molar-refractivity contribution in [2.45, 2.75) is 0 Å². The first kappa shape index (κ1) is 10.6. The number of amidine groups is 1. The minimum Gasteiger partial charge on any atom is -0.842 e. The Balaban J connectivity index is 2.49. The molecule has 5 nitrogen and oxygen atoms in total. The first-order valence-electron chi connectivity index (χ1n) is 4.64. The van der Waals surface area contributed by atoms with Gasteiger partial charge in [-0.05, 0) is 12.1 Å². The number of halogens is 1. The van der Waals surface area contributed by atoms with Crippen LogP contribution in [-0.2, 0) is 0 Å². The zero-order valence-electron chi connectivity index (χ0n) is 8.85. The summed E-state index contributed by atoms with van der Waals surface area (Å²) in [4.78, 5) is 12.6. The van der Waals surface area contributed by atoms with E-state index in [0.717, 1.165) is 4.90 Å². The summed E-state index contributed by atoms with van der Waals surface area (Å²) in [5, 5.41) is 15.1. The number of amides is 2. The van der Waals surface area contributed by atoms with Gasteiger partial charge >= 0.3 is 6.03 Å². The van der Waals surface area contributed by atoms with E-state index < -0.39 is 22.5 Å². The van der Waals surface area contributed by atoms with Crippen LogP contribution < -0.4 is 10.0 Å². The molecule has 0 aromatic heterocycles. The maximum Gasteiger partial charge on any atom is 0.454 e. The number of nitrogens with zero attached hydrogens (tertiary/aromatic N) is 3. The van der Waals surface area contributed by atoms with Gasteiger partial charge in [-0.25, -0.2) is 14.1 Å². The lowest BCUT2D eigenvalue weighted by Crippen LogP contribution is -2.46. The van der Waals surface area contributed by atoms with Gasteiger partial charge in [0.25, 0.3) is 0 Å². The lowest BCUT2D eigenvalue weighted by molar-refractivity contribution is -0.811. The van der Waals surface area contributed by atoms with E-state index in [1.807, 2.05) is 0 Å². The van der Waals surface area contributed by atoms with Crippen LogP contribution in [0.15, 0.2) is 29.4 Å². The molecule has 16 heavy (non-hydrogen) atoms. The fourth-order valence-corrected chi connectivity index (χ4v) is 1.47. The monoisotopic (exact) mass is 223 g/mol. The van der Waals surface area contributed by atoms with Crippen molar-refractivity contribution >= 4 is 17.7 Å². The summed E-state index contributed by atoms with van der Waals surface area (Å²) in [6.07, 6.45) is 0. The Morgan fingerprint density at radius 3 is 2.50 bits per heavy atom. The van der Waals surface area contributed by atoms with Gasteiger partial charge in [-0.3, -0.25) is 0 Å². The minimum absolute atomic E-state index is 0.0649. The second-order valence-corrected chi connectivity index (χ2v) is 3.85. The normalized spacial score (nSPS) is 18.8. The average molecular weight is 223 g/mol. The molecular formula is C10H10FN3O2.